The average molecular weight is 285 g/mol. The number of hydrogen-bond donors (Lipinski definition) is 1. The number of benzene rings is 2. The molecule has 0 radical (unpaired) electrons. The molecule has 4 heteroatoms. The number of carbonyl (C=O) groups is 1. The third-order valence-electron chi connectivity index (χ3n) is 2.82. The van der Waals surface area contributed by atoms with Crippen molar-refractivity contribution in [1.29, 1.82) is 0 Å². The third kappa shape index (κ3) is 4.24. The van der Waals surface area contributed by atoms with Crippen LogP contribution in [0.25, 0.3) is 0 Å². The van der Waals surface area contributed by atoms with Gasteiger partial charge < -0.3 is 14.8 Å². The van der Waals surface area contributed by atoms with E-state index >= 15 is 0 Å². The van der Waals surface area contributed by atoms with Gasteiger partial charge in [-0.2, -0.15) is 0 Å². The molecular weight excluding hydrogens is 266 g/mol. The van der Waals surface area contributed by atoms with Crippen molar-refractivity contribution in [1.82, 2.24) is 0 Å². The molecule has 1 N–H and O–H groups in total. The normalized spacial score (nSPS) is 10.3. The Morgan fingerprint density at radius 2 is 1.76 bits per heavy atom. The molecular formula is C17H19NO3. The predicted octanol–water partition coefficient (Wildman–Crippen LogP) is 3.73. The minimum absolute atomic E-state index is 0.0949. The van der Waals surface area contributed by atoms with Gasteiger partial charge in [0.05, 0.1) is 13.2 Å². The number of rotatable bonds is 5. The number of anilines is 1. The van der Waals surface area contributed by atoms with E-state index in [1.54, 1.807) is 37.4 Å². The molecule has 4 nitrogen and oxygen atoms in total. The summed E-state index contributed by atoms with van der Waals surface area (Å²) in [6, 6.07) is 14.3. The molecule has 21 heavy (non-hydrogen) atoms. The SMILES string of the molecule is COc1ccc(C(=O)Nc2cccc(OC(C)C)c2)cc1. The first kappa shape index (κ1) is 14.9. The molecule has 0 bridgehead atoms. The Bertz CT molecular complexity index is 606. The molecule has 0 heterocycles. The predicted molar refractivity (Wildman–Crippen MR) is 83.2 cm³/mol. The minimum Gasteiger partial charge on any atom is -0.497 e. The number of amides is 1. The van der Waals surface area contributed by atoms with Crippen LogP contribution in [0.5, 0.6) is 11.5 Å². The molecule has 0 aliphatic heterocycles. The Balaban J connectivity index is 2.07. The van der Waals surface area contributed by atoms with Gasteiger partial charge in [0.15, 0.2) is 0 Å². The summed E-state index contributed by atoms with van der Waals surface area (Å²) in [6.45, 7) is 3.92. The lowest BCUT2D eigenvalue weighted by atomic mass is 10.2. The van der Waals surface area contributed by atoms with Crippen LogP contribution in [0.2, 0.25) is 0 Å². The van der Waals surface area contributed by atoms with E-state index in [0.29, 0.717) is 11.3 Å². The maximum absolute atomic E-state index is 12.2. The van der Waals surface area contributed by atoms with Crippen LogP contribution in [0.3, 0.4) is 0 Å². The highest BCUT2D eigenvalue weighted by Crippen LogP contribution is 2.19. The van der Waals surface area contributed by atoms with Gasteiger partial charge in [0, 0.05) is 17.3 Å². The van der Waals surface area contributed by atoms with Gasteiger partial charge in [0.1, 0.15) is 11.5 Å². The van der Waals surface area contributed by atoms with Crippen LogP contribution in [0.1, 0.15) is 24.2 Å². The van der Waals surface area contributed by atoms with E-state index in [9.17, 15) is 4.79 Å². The molecule has 0 saturated carbocycles. The second-order valence-electron chi connectivity index (χ2n) is 4.88. The molecule has 110 valence electrons. The number of nitrogens with one attached hydrogen (secondary N) is 1. The third-order valence-corrected chi connectivity index (χ3v) is 2.82. The molecule has 0 aromatic heterocycles. The van der Waals surface area contributed by atoms with E-state index in [-0.39, 0.29) is 12.0 Å². The molecule has 0 aliphatic rings. The molecule has 1 amide bonds. The summed E-state index contributed by atoms with van der Waals surface area (Å²) in [5, 5.41) is 2.85. The van der Waals surface area contributed by atoms with Gasteiger partial charge in [-0.25, -0.2) is 0 Å². The number of hydrogen-bond acceptors (Lipinski definition) is 3. The first-order valence-corrected chi connectivity index (χ1v) is 6.80. The van der Waals surface area contributed by atoms with Crippen molar-refractivity contribution in [2.24, 2.45) is 0 Å². The van der Waals surface area contributed by atoms with Gasteiger partial charge in [-0.15, -0.1) is 0 Å². The van der Waals surface area contributed by atoms with E-state index in [4.69, 9.17) is 9.47 Å². The Kier molecular flexibility index (Phi) is 4.82. The Hall–Kier alpha value is -2.49. The summed E-state index contributed by atoms with van der Waals surface area (Å²) < 4.78 is 10.7. The largest absolute Gasteiger partial charge is 0.497 e. The molecule has 0 fully saturated rings. The zero-order valence-corrected chi connectivity index (χ0v) is 12.4. The minimum atomic E-state index is -0.167. The average Bonchev–Trinajstić information content (AvgIpc) is 2.47. The Labute approximate surface area is 124 Å². The maximum Gasteiger partial charge on any atom is 0.255 e. The van der Waals surface area contributed by atoms with Crippen LogP contribution >= 0.6 is 0 Å². The Morgan fingerprint density at radius 3 is 2.38 bits per heavy atom. The fourth-order valence-corrected chi connectivity index (χ4v) is 1.86. The van der Waals surface area contributed by atoms with Crippen molar-refractivity contribution in [3.63, 3.8) is 0 Å². The van der Waals surface area contributed by atoms with Crippen molar-refractivity contribution < 1.29 is 14.3 Å². The monoisotopic (exact) mass is 285 g/mol. The molecule has 2 aromatic rings. The summed E-state index contributed by atoms with van der Waals surface area (Å²) >= 11 is 0. The number of methoxy groups -OCH3 is 1. The van der Waals surface area contributed by atoms with Crippen molar-refractivity contribution in [3.05, 3.63) is 54.1 Å². The molecule has 2 aromatic carbocycles. The van der Waals surface area contributed by atoms with Gasteiger partial charge in [-0.05, 0) is 50.2 Å². The van der Waals surface area contributed by atoms with Crippen LogP contribution in [0, 0.1) is 0 Å². The quantitative estimate of drug-likeness (QED) is 0.910. The second-order valence-corrected chi connectivity index (χ2v) is 4.88. The molecule has 0 saturated heterocycles. The lowest BCUT2D eigenvalue weighted by Gasteiger charge is -2.11. The summed E-state index contributed by atoms with van der Waals surface area (Å²) in [7, 11) is 1.59. The Morgan fingerprint density at radius 1 is 1.05 bits per heavy atom. The lowest BCUT2D eigenvalue weighted by Crippen LogP contribution is -2.12. The van der Waals surface area contributed by atoms with E-state index in [0.717, 1.165) is 11.5 Å². The van der Waals surface area contributed by atoms with Crippen molar-refractivity contribution in [2.75, 3.05) is 12.4 Å². The van der Waals surface area contributed by atoms with Crippen molar-refractivity contribution in [2.45, 2.75) is 20.0 Å². The van der Waals surface area contributed by atoms with E-state index < -0.39 is 0 Å². The fraction of sp³-hybridized carbons (Fsp3) is 0.235. The smallest absolute Gasteiger partial charge is 0.255 e. The first-order valence-electron chi connectivity index (χ1n) is 6.80. The van der Waals surface area contributed by atoms with Crippen LogP contribution in [0.4, 0.5) is 5.69 Å². The van der Waals surface area contributed by atoms with Gasteiger partial charge >= 0.3 is 0 Å². The van der Waals surface area contributed by atoms with Crippen molar-refractivity contribution in [3.8, 4) is 11.5 Å². The van der Waals surface area contributed by atoms with Gasteiger partial charge in [-0.1, -0.05) is 6.07 Å². The summed E-state index contributed by atoms with van der Waals surface area (Å²) in [5.41, 5.74) is 1.28. The second kappa shape index (κ2) is 6.79. The zero-order chi connectivity index (χ0) is 15.2. The lowest BCUT2D eigenvalue weighted by molar-refractivity contribution is 0.102. The molecule has 2 rings (SSSR count). The summed E-state index contributed by atoms with van der Waals surface area (Å²) in [6.07, 6.45) is 0.0949. The van der Waals surface area contributed by atoms with Crippen LogP contribution in [0.15, 0.2) is 48.5 Å². The van der Waals surface area contributed by atoms with Crippen LogP contribution in [-0.2, 0) is 0 Å². The maximum atomic E-state index is 12.2. The molecule has 0 unspecified atom stereocenters. The van der Waals surface area contributed by atoms with Gasteiger partial charge in [0.2, 0.25) is 0 Å². The fourth-order valence-electron chi connectivity index (χ4n) is 1.86. The molecule has 0 aliphatic carbocycles. The molecule has 0 atom stereocenters. The number of ether oxygens (including phenoxy) is 2. The topological polar surface area (TPSA) is 47.6 Å². The van der Waals surface area contributed by atoms with Crippen LogP contribution < -0.4 is 14.8 Å². The highest BCUT2D eigenvalue weighted by molar-refractivity contribution is 6.04. The molecule has 0 spiro atoms. The van der Waals surface area contributed by atoms with E-state index in [1.807, 2.05) is 32.0 Å². The van der Waals surface area contributed by atoms with Crippen LogP contribution in [-0.4, -0.2) is 19.1 Å². The first-order chi connectivity index (χ1) is 10.1. The van der Waals surface area contributed by atoms with Gasteiger partial charge in [0.25, 0.3) is 5.91 Å². The standard InChI is InChI=1S/C17H19NO3/c1-12(2)21-16-6-4-5-14(11-16)18-17(19)13-7-9-15(20-3)10-8-13/h4-12H,1-3H3,(H,18,19). The van der Waals surface area contributed by atoms with Gasteiger partial charge in [-0.3, -0.25) is 4.79 Å². The van der Waals surface area contributed by atoms with Crippen molar-refractivity contribution >= 4 is 11.6 Å². The van der Waals surface area contributed by atoms with E-state index in [1.165, 1.54) is 0 Å². The summed E-state index contributed by atoms with van der Waals surface area (Å²) in [5.74, 6) is 1.29. The zero-order valence-electron chi connectivity index (χ0n) is 12.4. The van der Waals surface area contributed by atoms with E-state index in [2.05, 4.69) is 5.32 Å². The highest BCUT2D eigenvalue weighted by Gasteiger charge is 2.07. The number of carbonyl (C=O) groups excluding carboxylic acids is 1. The highest BCUT2D eigenvalue weighted by atomic mass is 16.5. The summed E-state index contributed by atoms with van der Waals surface area (Å²) in [4.78, 5) is 12.2.